The number of hydrogen-bond acceptors (Lipinski definition) is 4. The molecule has 0 unspecified atom stereocenters. The SMILES string of the molecule is C=C(COc1ccc(C)c(NS(C)(=O)=O)c1C)OCC. The third kappa shape index (κ3) is 4.77. The first kappa shape index (κ1) is 16.4. The van der Waals surface area contributed by atoms with Crippen LogP contribution in [0.15, 0.2) is 24.5 Å². The summed E-state index contributed by atoms with van der Waals surface area (Å²) in [7, 11) is -3.33. The van der Waals surface area contributed by atoms with Crippen molar-refractivity contribution in [3.8, 4) is 5.75 Å². The average Bonchev–Trinajstić information content (AvgIpc) is 2.33. The van der Waals surface area contributed by atoms with Gasteiger partial charge in [-0.15, -0.1) is 0 Å². The molecule has 0 aliphatic rings. The Kier molecular flexibility index (Phi) is 5.44. The van der Waals surface area contributed by atoms with Gasteiger partial charge in [-0.3, -0.25) is 4.72 Å². The van der Waals surface area contributed by atoms with Gasteiger partial charge in [-0.25, -0.2) is 8.42 Å². The summed E-state index contributed by atoms with van der Waals surface area (Å²) in [6.07, 6.45) is 1.12. The van der Waals surface area contributed by atoms with E-state index < -0.39 is 10.0 Å². The van der Waals surface area contributed by atoms with Gasteiger partial charge in [-0.1, -0.05) is 12.6 Å². The van der Waals surface area contributed by atoms with Crippen LogP contribution in [0.4, 0.5) is 5.69 Å². The van der Waals surface area contributed by atoms with Crippen molar-refractivity contribution in [2.45, 2.75) is 20.8 Å². The molecule has 1 N–H and O–H groups in total. The number of benzene rings is 1. The number of rotatable bonds is 7. The molecule has 0 fully saturated rings. The van der Waals surface area contributed by atoms with E-state index in [0.29, 0.717) is 23.8 Å². The van der Waals surface area contributed by atoms with Crippen LogP contribution >= 0.6 is 0 Å². The van der Waals surface area contributed by atoms with Crippen molar-refractivity contribution in [2.75, 3.05) is 24.2 Å². The van der Waals surface area contributed by atoms with Crippen molar-refractivity contribution >= 4 is 15.7 Å². The minimum absolute atomic E-state index is 0.232. The van der Waals surface area contributed by atoms with Crippen molar-refractivity contribution in [2.24, 2.45) is 0 Å². The van der Waals surface area contributed by atoms with Crippen LogP contribution in [-0.2, 0) is 14.8 Å². The lowest BCUT2D eigenvalue weighted by molar-refractivity contribution is 0.182. The number of hydrogen-bond donors (Lipinski definition) is 1. The summed E-state index contributed by atoms with van der Waals surface area (Å²) in [5.74, 6) is 1.13. The molecule has 0 heterocycles. The van der Waals surface area contributed by atoms with E-state index >= 15 is 0 Å². The number of sulfonamides is 1. The second kappa shape index (κ2) is 6.65. The highest BCUT2D eigenvalue weighted by Gasteiger charge is 2.12. The average molecular weight is 299 g/mol. The first-order chi connectivity index (χ1) is 9.24. The molecule has 5 nitrogen and oxygen atoms in total. The molecule has 0 saturated carbocycles. The van der Waals surface area contributed by atoms with E-state index in [0.717, 1.165) is 17.4 Å². The molecule has 0 atom stereocenters. The maximum absolute atomic E-state index is 11.4. The topological polar surface area (TPSA) is 64.6 Å². The zero-order chi connectivity index (χ0) is 15.3. The molecule has 1 aromatic rings. The maximum atomic E-state index is 11.4. The highest BCUT2D eigenvalue weighted by atomic mass is 32.2. The van der Waals surface area contributed by atoms with Crippen LogP contribution in [0, 0.1) is 13.8 Å². The second-order valence-corrected chi connectivity index (χ2v) is 6.26. The molecule has 0 aliphatic heterocycles. The molecular formula is C14H21NO4S. The Bertz CT molecular complexity index is 593. The first-order valence-electron chi connectivity index (χ1n) is 6.26. The van der Waals surface area contributed by atoms with Crippen LogP contribution in [0.2, 0.25) is 0 Å². The molecule has 20 heavy (non-hydrogen) atoms. The summed E-state index contributed by atoms with van der Waals surface area (Å²) < 4.78 is 36.1. The zero-order valence-corrected chi connectivity index (χ0v) is 13.1. The van der Waals surface area contributed by atoms with Gasteiger partial charge >= 0.3 is 0 Å². The third-order valence-electron chi connectivity index (χ3n) is 2.65. The lowest BCUT2D eigenvalue weighted by Crippen LogP contribution is -2.13. The van der Waals surface area contributed by atoms with Crippen molar-refractivity contribution in [3.63, 3.8) is 0 Å². The Hall–Kier alpha value is -1.69. The molecular weight excluding hydrogens is 278 g/mol. The van der Waals surface area contributed by atoms with E-state index in [1.165, 1.54) is 0 Å². The van der Waals surface area contributed by atoms with Gasteiger partial charge < -0.3 is 9.47 Å². The molecule has 0 bridgehead atoms. The van der Waals surface area contributed by atoms with Gasteiger partial charge in [0.05, 0.1) is 18.6 Å². The van der Waals surface area contributed by atoms with Gasteiger partial charge in [0.25, 0.3) is 0 Å². The van der Waals surface area contributed by atoms with Gasteiger partial charge in [0, 0.05) is 5.56 Å². The Balaban J connectivity index is 2.94. The van der Waals surface area contributed by atoms with Crippen molar-refractivity contribution in [1.29, 1.82) is 0 Å². The normalized spacial score (nSPS) is 11.0. The third-order valence-corrected chi connectivity index (χ3v) is 3.22. The zero-order valence-electron chi connectivity index (χ0n) is 12.3. The standard InChI is InChI=1S/C14H21NO4S/c1-6-18-11(3)9-19-13-8-7-10(2)14(12(13)4)15-20(5,16)17/h7-8,15H,3,6,9H2,1-2,4-5H3. The Labute approximate surface area is 120 Å². The molecule has 1 rings (SSSR count). The van der Waals surface area contributed by atoms with Crippen LogP contribution in [-0.4, -0.2) is 27.9 Å². The first-order valence-corrected chi connectivity index (χ1v) is 8.15. The monoisotopic (exact) mass is 299 g/mol. The molecule has 0 aromatic heterocycles. The predicted molar refractivity (Wildman–Crippen MR) is 80.6 cm³/mol. The molecule has 0 amide bonds. The number of aryl methyl sites for hydroxylation is 1. The summed E-state index contributed by atoms with van der Waals surface area (Å²) in [5.41, 5.74) is 2.12. The summed E-state index contributed by atoms with van der Waals surface area (Å²) in [6.45, 7) is 10.0. The summed E-state index contributed by atoms with van der Waals surface area (Å²) in [6, 6.07) is 3.61. The van der Waals surface area contributed by atoms with E-state index in [-0.39, 0.29) is 6.61 Å². The highest BCUT2D eigenvalue weighted by molar-refractivity contribution is 7.92. The van der Waals surface area contributed by atoms with Crippen molar-refractivity contribution < 1.29 is 17.9 Å². The van der Waals surface area contributed by atoms with Crippen molar-refractivity contribution in [1.82, 2.24) is 0 Å². The minimum atomic E-state index is -3.33. The van der Waals surface area contributed by atoms with Crippen LogP contribution in [0.1, 0.15) is 18.1 Å². The molecule has 0 saturated heterocycles. The summed E-state index contributed by atoms with van der Waals surface area (Å²) in [4.78, 5) is 0. The van der Waals surface area contributed by atoms with Gasteiger partial charge in [-0.2, -0.15) is 0 Å². The van der Waals surface area contributed by atoms with E-state index in [9.17, 15) is 8.42 Å². The molecule has 1 aromatic carbocycles. The van der Waals surface area contributed by atoms with E-state index in [2.05, 4.69) is 11.3 Å². The Morgan fingerprint density at radius 3 is 2.55 bits per heavy atom. The Morgan fingerprint density at radius 1 is 1.35 bits per heavy atom. The fourth-order valence-corrected chi connectivity index (χ4v) is 2.42. The fraction of sp³-hybridized carbons (Fsp3) is 0.429. The van der Waals surface area contributed by atoms with Crippen LogP contribution in [0.25, 0.3) is 0 Å². The largest absolute Gasteiger partial charge is 0.495 e. The number of nitrogens with one attached hydrogen (secondary N) is 1. The van der Waals surface area contributed by atoms with E-state index in [4.69, 9.17) is 9.47 Å². The maximum Gasteiger partial charge on any atom is 0.229 e. The van der Waals surface area contributed by atoms with Gasteiger partial charge in [0.2, 0.25) is 10.0 Å². The minimum Gasteiger partial charge on any atom is -0.495 e. The highest BCUT2D eigenvalue weighted by Crippen LogP contribution is 2.29. The van der Waals surface area contributed by atoms with Gasteiger partial charge in [0.1, 0.15) is 18.1 Å². The van der Waals surface area contributed by atoms with E-state index in [1.54, 1.807) is 19.1 Å². The van der Waals surface area contributed by atoms with Crippen molar-refractivity contribution in [3.05, 3.63) is 35.6 Å². The second-order valence-electron chi connectivity index (χ2n) is 4.52. The van der Waals surface area contributed by atoms with Crippen LogP contribution in [0.3, 0.4) is 0 Å². The van der Waals surface area contributed by atoms with Crippen LogP contribution in [0.5, 0.6) is 5.75 Å². The van der Waals surface area contributed by atoms with Crippen LogP contribution < -0.4 is 9.46 Å². The number of ether oxygens (including phenoxy) is 2. The lowest BCUT2D eigenvalue weighted by Gasteiger charge is -2.16. The Morgan fingerprint density at radius 2 is 2.00 bits per heavy atom. The smallest absolute Gasteiger partial charge is 0.229 e. The number of anilines is 1. The quantitative estimate of drug-likeness (QED) is 0.786. The lowest BCUT2D eigenvalue weighted by atomic mass is 10.1. The summed E-state index contributed by atoms with van der Waals surface area (Å²) >= 11 is 0. The molecule has 112 valence electrons. The predicted octanol–water partition coefficient (Wildman–Crippen LogP) is 2.60. The molecule has 0 spiro atoms. The van der Waals surface area contributed by atoms with E-state index in [1.807, 2.05) is 13.8 Å². The molecule has 0 radical (unpaired) electrons. The summed E-state index contributed by atoms with van der Waals surface area (Å²) in [5, 5.41) is 0. The molecule has 0 aliphatic carbocycles. The van der Waals surface area contributed by atoms with Gasteiger partial charge in [-0.05, 0) is 32.4 Å². The van der Waals surface area contributed by atoms with Gasteiger partial charge in [0.15, 0.2) is 0 Å². The molecule has 6 heteroatoms. The fourth-order valence-electron chi connectivity index (χ4n) is 1.73.